The first kappa shape index (κ1) is 21.5. The number of amides is 1. The standard InChI is InChI=1S/C22H21Cl2N7O2/c1-12-8-30(17-5-3-4-14-19(17)33-29-20(14)25)9-22(12,2)28-21(32)18-15(23)6-13(7-16(18)24)31-10-26-27-11-31/h3-7,10-12H,8-9H2,1-2H3,(H2,25,29)(H,28,32). The maximum absolute atomic E-state index is 13.3. The second-order valence-electron chi connectivity index (χ2n) is 8.53. The molecule has 3 heterocycles. The normalized spacial score (nSPS) is 20.5. The van der Waals surface area contributed by atoms with Crippen LogP contribution in [0.25, 0.3) is 16.7 Å². The molecule has 0 radical (unpaired) electrons. The van der Waals surface area contributed by atoms with E-state index >= 15 is 0 Å². The smallest absolute Gasteiger partial charge is 0.254 e. The van der Waals surface area contributed by atoms with Gasteiger partial charge in [-0.1, -0.05) is 41.3 Å². The highest BCUT2D eigenvalue weighted by Gasteiger charge is 2.43. The fourth-order valence-electron chi connectivity index (χ4n) is 4.29. The highest BCUT2D eigenvalue weighted by molar-refractivity contribution is 6.40. The minimum absolute atomic E-state index is 0.130. The minimum atomic E-state index is -0.537. The first-order chi connectivity index (χ1) is 15.8. The Hall–Kier alpha value is -3.30. The number of nitrogens with one attached hydrogen (secondary N) is 1. The van der Waals surface area contributed by atoms with E-state index in [1.54, 1.807) is 16.7 Å². The quantitative estimate of drug-likeness (QED) is 0.449. The van der Waals surface area contributed by atoms with E-state index in [-0.39, 0.29) is 27.4 Å². The number of carbonyl (C=O) groups excluding carboxylic acids is 1. The van der Waals surface area contributed by atoms with Gasteiger partial charge >= 0.3 is 0 Å². The summed E-state index contributed by atoms with van der Waals surface area (Å²) in [6.45, 7) is 5.38. The predicted molar refractivity (Wildman–Crippen MR) is 127 cm³/mol. The molecule has 33 heavy (non-hydrogen) atoms. The van der Waals surface area contributed by atoms with Crippen molar-refractivity contribution in [1.29, 1.82) is 0 Å². The molecule has 4 aromatic rings. The van der Waals surface area contributed by atoms with Crippen LogP contribution in [0, 0.1) is 5.92 Å². The van der Waals surface area contributed by atoms with Gasteiger partial charge in [-0.25, -0.2) is 0 Å². The minimum Gasteiger partial charge on any atom is -0.380 e. The van der Waals surface area contributed by atoms with Gasteiger partial charge in [-0.3, -0.25) is 9.36 Å². The van der Waals surface area contributed by atoms with Gasteiger partial charge in [0.1, 0.15) is 12.7 Å². The Balaban J connectivity index is 1.40. The van der Waals surface area contributed by atoms with Gasteiger partial charge in [-0.15, -0.1) is 10.2 Å². The van der Waals surface area contributed by atoms with Gasteiger partial charge in [-0.05, 0) is 37.1 Å². The van der Waals surface area contributed by atoms with Crippen molar-refractivity contribution in [3.05, 3.63) is 58.6 Å². The topological polar surface area (TPSA) is 115 Å². The molecule has 0 spiro atoms. The van der Waals surface area contributed by atoms with Crippen LogP contribution in [0.4, 0.5) is 11.5 Å². The molecule has 2 aromatic heterocycles. The Morgan fingerprint density at radius 2 is 1.94 bits per heavy atom. The first-order valence-corrected chi connectivity index (χ1v) is 11.1. The molecule has 1 fully saturated rings. The zero-order valence-electron chi connectivity index (χ0n) is 17.9. The third-order valence-electron chi connectivity index (χ3n) is 6.32. The summed E-state index contributed by atoms with van der Waals surface area (Å²) >= 11 is 12.9. The lowest BCUT2D eigenvalue weighted by Crippen LogP contribution is -2.51. The molecule has 9 nitrogen and oxygen atoms in total. The van der Waals surface area contributed by atoms with Crippen molar-refractivity contribution in [3.63, 3.8) is 0 Å². The van der Waals surface area contributed by atoms with E-state index in [2.05, 4.69) is 32.5 Å². The molecule has 0 aliphatic carbocycles. The highest BCUT2D eigenvalue weighted by atomic mass is 35.5. The number of hydrogen-bond acceptors (Lipinski definition) is 7. The molecule has 2 aromatic carbocycles. The number of halogens is 2. The van der Waals surface area contributed by atoms with Crippen molar-refractivity contribution in [1.82, 2.24) is 25.2 Å². The fraction of sp³-hybridized carbons (Fsp3) is 0.273. The first-order valence-electron chi connectivity index (χ1n) is 10.3. The van der Waals surface area contributed by atoms with E-state index in [0.29, 0.717) is 30.2 Å². The van der Waals surface area contributed by atoms with Crippen LogP contribution < -0.4 is 16.0 Å². The van der Waals surface area contributed by atoms with Crippen molar-refractivity contribution in [3.8, 4) is 5.69 Å². The van der Waals surface area contributed by atoms with E-state index in [4.69, 9.17) is 33.5 Å². The largest absolute Gasteiger partial charge is 0.380 e. The van der Waals surface area contributed by atoms with Crippen LogP contribution in [0.15, 0.2) is 47.5 Å². The zero-order valence-corrected chi connectivity index (χ0v) is 19.4. The molecule has 11 heteroatoms. The molecule has 1 saturated heterocycles. The summed E-state index contributed by atoms with van der Waals surface area (Å²) in [5.41, 5.74) is 7.78. The summed E-state index contributed by atoms with van der Waals surface area (Å²) in [7, 11) is 0. The average molecular weight is 486 g/mol. The van der Waals surface area contributed by atoms with Crippen molar-refractivity contribution < 1.29 is 9.32 Å². The lowest BCUT2D eigenvalue weighted by Gasteiger charge is -2.30. The molecule has 1 aliphatic rings. The molecule has 1 amide bonds. The second kappa shape index (κ2) is 7.93. The summed E-state index contributed by atoms with van der Waals surface area (Å²) in [4.78, 5) is 15.4. The molecular formula is C22H21Cl2N7O2. The van der Waals surface area contributed by atoms with Gasteiger partial charge in [0.2, 0.25) is 0 Å². The van der Waals surface area contributed by atoms with E-state index in [0.717, 1.165) is 11.1 Å². The SMILES string of the molecule is CC1CN(c2cccc3c(N)noc23)CC1(C)NC(=O)c1c(Cl)cc(-n2cnnc2)cc1Cl. The van der Waals surface area contributed by atoms with Crippen molar-refractivity contribution in [2.75, 3.05) is 23.7 Å². The molecule has 0 bridgehead atoms. The highest BCUT2D eigenvalue weighted by Crippen LogP contribution is 2.37. The fourth-order valence-corrected chi connectivity index (χ4v) is 4.94. The van der Waals surface area contributed by atoms with Gasteiger partial charge in [0.25, 0.3) is 5.91 Å². The molecule has 5 rings (SSSR count). The Labute approximate surface area is 199 Å². The van der Waals surface area contributed by atoms with Gasteiger partial charge in [0.15, 0.2) is 11.4 Å². The van der Waals surface area contributed by atoms with Gasteiger partial charge in [-0.2, -0.15) is 0 Å². The third-order valence-corrected chi connectivity index (χ3v) is 6.91. The van der Waals surface area contributed by atoms with E-state index < -0.39 is 5.54 Å². The summed E-state index contributed by atoms with van der Waals surface area (Å²) < 4.78 is 7.13. The summed E-state index contributed by atoms with van der Waals surface area (Å²) in [6.07, 6.45) is 3.06. The van der Waals surface area contributed by atoms with Crippen LogP contribution in [-0.2, 0) is 0 Å². The van der Waals surface area contributed by atoms with Gasteiger partial charge in [0, 0.05) is 13.1 Å². The molecule has 2 atom stereocenters. The average Bonchev–Trinajstić information content (AvgIpc) is 3.48. The van der Waals surface area contributed by atoms with Gasteiger partial charge in [0.05, 0.1) is 37.9 Å². The zero-order chi connectivity index (χ0) is 23.3. The van der Waals surface area contributed by atoms with Crippen LogP contribution in [-0.4, -0.2) is 44.5 Å². The third kappa shape index (κ3) is 3.67. The number of fused-ring (bicyclic) bond motifs is 1. The molecular weight excluding hydrogens is 465 g/mol. The van der Waals surface area contributed by atoms with E-state index in [1.807, 2.05) is 25.1 Å². The number of hydrogen-bond donors (Lipinski definition) is 2. The maximum atomic E-state index is 13.3. The monoisotopic (exact) mass is 485 g/mol. The number of aromatic nitrogens is 4. The van der Waals surface area contributed by atoms with Crippen molar-refractivity contribution in [2.45, 2.75) is 19.4 Å². The number of nitrogen functional groups attached to an aromatic ring is 1. The Kier molecular flexibility index (Phi) is 5.18. The predicted octanol–water partition coefficient (Wildman–Crippen LogP) is 3.94. The molecule has 1 aliphatic heterocycles. The van der Waals surface area contributed by atoms with Crippen LogP contribution in [0.1, 0.15) is 24.2 Å². The Morgan fingerprint density at radius 1 is 1.24 bits per heavy atom. The van der Waals surface area contributed by atoms with Crippen LogP contribution in [0.5, 0.6) is 0 Å². The number of carbonyl (C=O) groups is 1. The van der Waals surface area contributed by atoms with Crippen LogP contribution in [0.3, 0.4) is 0 Å². The van der Waals surface area contributed by atoms with Crippen molar-refractivity contribution in [2.24, 2.45) is 5.92 Å². The second-order valence-corrected chi connectivity index (χ2v) is 9.34. The molecule has 2 unspecified atom stereocenters. The summed E-state index contributed by atoms with van der Waals surface area (Å²) in [6, 6.07) is 9.07. The lowest BCUT2D eigenvalue weighted by atomic mass is 9.90. The number of nitrogens with two attached hydrogens (primary N) is 1. The number of nitrogens with zero attached hydrogens (tertiary/aromatic N) is 5. The summed E-state index contributed by atoms with van der Waals surface area (Å²) in [5.74, 6) is 0.152. The number of rotatable bonds is 4. The van der Waals surface area contributed by atoms with E-state index in [1.165, 1.54) is 12.7 Å². The number of anilines is 2. The number of benzene rings is 2. The van der Waals surface area contributed by atoms with E-state index in [9.17, 15) is 4.79 Å². The Morgan fingerprint density at radius 3 is 2.64 bits per heavy atom. The molecule has 170 valence electrons. The van der Waals surface area contributed by atoms with Crippen LogP contribution in [0.2, 0.25) is 10.0 Å². The Bertz CT molecular complexity index is 1330. The number of para-hydroxylation sites is 1. The maximum Gasteiger partial charge on any atom is 0.254 e. The van der Waals surface area contributed by atoms with Crippen LogP contribution >= 0.6 is 23.2 Å². The molecule has 0 saturated carbocycles. The van der Waals surface area contributed by atoms with Crippen molar-refractivity contribution >= 4 is 51.6 Å². The molecule has 3 N–H and O–H groups in total. The lowest BCUT2D eigenvalue weighted by molar-refractivity contribution is 0.0897. The van der Waals surface area contributed by atoms with Gasteiger partial charge < -0.3 is 20.5 Å². The summed E-state index contributed by atoms with van der Waals surface area (Å²) in [5, 5.41) is 15.9.